The van der Waals surface area contributed by atoms with Gasteiger partial charge in [0.2, 0.25) is 0 Å². The monoisotopic (exact) mass is 503 g/mol. The predicted molar refractivity (Wildman–Crippen MR) is 130 cm³/mol. The van der Waals surface area contributed by atoms with E-state index in [4.69, 9.17) is 21.1 Å². The van der Waals surface area contributed by atoms with Gasteiger partial charge in [-0.05, 0) is 43.8 Å². The highest BCUT2D eigenvalue weighted by molar-refractivity contribution is 6.31. The summed E-state index contributed by atoms with van der Waals surface area (Å²) in [5, 5.41) is 6.09. The Morgan fingerprint density at radius 1 is 1.34 bits per heavy atom. The van der Waals surface area contributed by atoms with Crippen LogP contribution in [-0.4, -0.2) is 60.7 Å². The maximum atomic E-state index is 14.6. The van der Waals surface area contributed by atoms with Crippen LogP contribution in [0.1, 0.15) is 6.42 Å². The summed E-state index contributed by atoms with van der Waals surface area (Å²) in [6.07, 6.45) is 3.45. The number of rotatable bonds is 8. The molecule has 0 aliphatic carbocycles. The number of methoxy groups -OCH3 is 1. The quantitative estimate of drug-likeness (QED) is 0.431. The van der Waals surface area contributed by atoms with Crippen LogP contribution in [0.15, 0.2) is 48.6 Å². The molecule has 0 radical (unpaired) electrons. The van der Waals surface area contributed by atoms with Crippen LogP contribution in [0.4, 0.5) is 26.0 Å². The number of ether oxygens (including phenoxy) is 2. The zero-order valence-corrected chi connectivity index (χ0v) is 19.9. The summed E-state index contributed by atoms with van der Waals surface area (Å²) in [5.41, 5.74) is 1.26. The zero-order chi connectivity index (χ0) is 24.9. The van der Waals surface area contributed by atoms with Crippen LogP contribution < -0.4 is 15.4 Å². The number of anilines is 3. The standard InChI is InChI=1S/C24H24ClF2N5O3/c1-32(15-6-8-35-12-15)7-5-19(27)24(33)31-21-10-16-20(11-22(21)34-2)28-13-29-23(16)30-14-3-4-18(26)17(25)9-14/h3-5,9-11,13,15H,6-8,12H2,1-2H3,(H,31,33)(H,28,29,30). The number of nitrogens with one attached hydrogen (secondary N) is 2. The number of nitrogens with zero attached hydrogens (tertiary/aromatic N) is 3. The first-order valence-electron chi connectivity index (χ1n) is 10.9. The van der Waals surface area contributed by atoms with Gasteiger partial charge < -0.3 is 20.1 Å². The number of carbonyl (C=O) groups excluding carboxylic acids is 1. The van der Waals surface area contributed by atoms with Gasteiger partial charge in [-0.15, -0.1) is 0 Å². The summed E-state index contributed by atoms with van der Waals surface area (Å²) in [4.78, 5) is 23.0. The Kier molecular flexibility index (Phi) is 7.74. The van der Waals surface area contributed by atoms with E-state index in [0.29, 0.717) is 41.4 Å². The lowest BCUT2D eigenvalue weighted by Crippen LogP contribution is -2.32. The minimum atomic E-state index is -0.915. The van der Waals surface area contributed by atoms with Crippen molar-refractivity contribution in [1.29, 1.82) is 0 Å². The van der Waals surface area contributed by atoms with E-state index in [-0.39, 0.29) is 23.3 Å². The number of carbonyl (C=O) groups is 1. The van der Waals surface area contributed by atoms with Crippen LogP contribution in [0.2, 0.25) is 5.02 Å². The van der Waals surface area contributed by atoms with E-state index in [1.807, 2.05) is 11.9 Å². The van der Waals surface area contributed by atoms with E-state index in [1.165, 1.54) is 37.7 Å². The molecular formula is C24H24ClF2N5O3. The fraction of sp³-hybridized carbons (Fsp3) is 0.292. The molecule has 35 heavy (non-hydrogen) atoms. The lowest BCUT2D eigenvalue weighted by Gasteiger charge is -2.20. The molecule has 1 aromatic heterocycles. The fourth-order valence-corrected chi connectivity index (χ4v) is 3.86. The molecule has 1 fully saturated rings. The van der Waals surface area contributed by atoms with Crippen molar-refractivity contribution < 1.29 is 23.0 Å². The molecule has 4 rings (SSSR count). The lowest BCUT2D eigenvalue weighted by molar-refractivity contribution is -0.114. The van der Waals surface area contributed by atoms with Crippen molar-refractivity contribution in [3.8, 4) is 5.75 Å². The maximum Gasteiger partial charge on any atom is 0.284 e. The lowest BCUT2D eigenvalue weighted by atomic mass is 10.1. The van der Waals surface area contributed by atoms with Crippen molar-refractivity contribution in [2.45, 2.75) is 12.5 Å². The van der Waals surface area contributed by atoms with Gasteiger partial charge in [0.05, 0.1) is 29.9 Å². The number of halogens is 3. The van der Waals surface area contributed by atoms with Gasteiger partial charge in [-0.2, -0.15) is 0 Å². The summed E-state index contributed by atoms with van der Waals surface area (Å²) in [6.45, 7) is 1.54. The number of benzene rings is 2. The molecule has 1 unspecified atom stereocenters. The Balaban J connectivity index is 1.56. The minimum Gasteiger partial charge on any atom is -0.494 e. The highest BCUT2D eigenvalue weighted by atomic mass is 35.5. The molecular weight excluding hydrogens is 480 g/mol. The third-order valence-electron chi connectivity index (χ3n) is 5.69. The molecule has 184 valence electrons. The van der Waals surface area contributed by atoms with Gasteiger partial charge >= 0.3 is 0 Å². The van der Waals surface area contributed by atoms with E-state index in [0.717, 1.165) is 6.42 Å². The average Bonchev–Trinajstić information content (AvgIpc) is 3.40. The van der Waals surface area contributed by atoms with Gasteiger partial charge in [0.25, 0.3) is 5.91 Å². The fourth-order valence-electron chi connectivity index (χ4n) is 3.68. The summed E-state index contributed by atoms with van der Waals surface area (Å²) >= 11 is 5.87. The Bertz CT molecular complexity index is 1270. The van der Waals surface area contributed by atoms with Gasteiger partial charge in [0, 0.05) is 36.3 Å². The number of fused-ring (bicyclic) bond motifs is 1. The smallest absolute Gasteiger partial charge is 0.284 e. The van der Waals surface area contributed by atoms with Crippen molar-refractivity contribution in [2.75, 3.05) is 44.5 Å². The topological polar surface area (TPSA) is 88.6 Å². The van der Waals surface area contributed by atoms with E-state index in [9.17, 15) is 13.6 Å². The van der Waals surface area contributed by atoms with E-state index >= 15 is 0 Å². The average molecular weight is 504 g/mol. The third kappa shape index (κ3) is 5.84. The Labute approximate surface area is 205 Å². The normalized spacial score (nSPS) is 16.1. The van der Waals surface area contributed by atoms with Crippen LogP contribution in [0.25, 0.3) is 10.9 Å². The van der Waals surface area contributed by atoms with Crippen molar-refractivity contribution in [3.05, 3.63) is 59.4 Å². The molecule has 8 nitrogen and oxygen atoms in total. The molecule has 0 saturated carbocycles. The zero-order valence-electron chi connectivity index (χ0n) is 19.1. The Hall–Kier alpha value is -3.34. The third-order valence-corrected chi connectivity index (χ3v) is 5.98. The molecule has 1 atom stereocenters. The van der Waals surface area contributed by atoms with Gasteiger partial charge in [-0.25, -0.2) is 18.7 Å². The van der Waals surface area contributed by atoms with E-state index in [1.54, 1.807) is 12.1 Å². The summed E-state index contributed by atoms with van der Waals surface area (Å²) in [5.74, 6) is -1.69. The molecule has 0 spiro atoms. The second kappa shape index (κ2) is 10.9. The van der Waals surface area contributed by atoms with Crippen LogP contribution in [0.3, 0.4) is 0 Å². The van der Waals surface area contributed by atoms with Crippen molar-refractivity contribution in [1.82, 2.24) is 14.9 Å². The summed E-state index contributed by atoms with van der Waals surface area (Å²) in [7, 11) is 3.29. The van der Waals surface area contributed by atoms with Gasteiger partial charge in [0.15, 0.2) is 5.83 Å². The SMILES string of the molecule is COc1cc2ncnc(Nc3ccc(F)c(Cl)c3)c2cc1NC(=O)C(F)=CCN(C)C1CCOC1. The van der Waals surface area contributed by atoms with Crippen molar-refractivity contribution in [3.63, 3.8) is 0 Å². The van der Waals surface area contributed by atoms with Gasteiger partial charge in [-0.3, -0.25) is 9.69 Å². The first-order chi connectivity index (χ1) is 16.9. The number of aromatic nitrogens is 2. The highest BCUT2D eigenvalue weighted by Gasteiger charge is 2.20. The second-order valence-corrected chi connectivity index (χ2v) is 8.42. The Morgan fingerprint density at radius 2 is 2.17 bits per heavy atom. The van der Waals surface area contributed by atoms with Gasteiger partial charge in [-0.1, -0.05) is 11.6 Å². The first kappa shape index (κ1) is 24.8. The molecule has 2 heterocycles. The molecule has 1 amide bonds. The molecule has 0 bridgehead atoms. The van der Waals surface area contributed by atoms with Crippen LogP contribution >= 0.6 is 11.6 Å². The van der Waals surface area contributed by atoms with Crippen LogP contribution in [0, 0.1) is 5.82 Å². The summed E-state index contributed by atoms with van der Waals surface area (Å²) in [6, 6.07) is 7.54. The molecule has 1 saturated heterocycles. The minimum absolute atomic E-state index is 0.0450. The maximum absolute atomic E-state index is 14.6. The second-order valence-electron chi connectivity index (χ2n) is 8.01. The van der Waals surface area contributed by atoms with Crippen molar-refractivity contribution >= 4 is 45.6 Å². The molecule has 11 heteroatoms. The Morgan fingerprint density at radius 3 is 2.89 bits per heavy atom. The molecule has 2 aromatic carbocycles. The molecule has 1 aliphatic heterocycles. The van der Waals surface area contributed by atoms with E-state index in [2.05, 4.69) is 20.6 Å². The predicted octanol–water partition coefficient (Wildman–Crippen LogP) is 4.69. The largest absolute Gasteiger partial charge is 0.494 e. The number of amides is 1. The molecule has 3 aromatic rings. The number of hydrogen-bond donors (Lipinski definition) is 2. The highest BCUT2D eigenvalue weighted by Crippen LogP contribution is 2.34. The van der Waals surface area contributed by atoms with E-state index < -0.39 is 17.6 Å². The van der Waals surface area contributed by atoms with Crippen molar-refractivity contribution in [2.24, 2.45) is 0 Å². The number of likely N-dealkylation sites (N-methyl/N-ethyl adjacent to an activating group) is 1. The number of hydrogen-bond acceptors (Lipinski definition) is 7. The van der Waals surface area contributed by atoms with Crippen LogP contribution in [-0.2, 0) is 9.53 Å². The first-order valence-corrected chi connectivity index (χ1v) is 11.2. The molecule has 2 N–H and O–H groups in total. The summed E-state index contributed by atoms with van der Waals surface area (Å²) < 4.78 is 38.8. The molecule has 1 aliphatic rings. The van der Waals surface area contributed by atoms with Crippen LogP contribution in [0.5, 0.6) is 5.75 Å². The van der Waals surface area contributed by atoms with Gasteiger partial charge in [0.1, 0.15) is 23.7 Å².